The number of rotatable bonds is 2. The van der Waals surface area contributed by atoms with Crippen molar-refractivity contribution in [3.8, 4) is 11.8 Å². The summed E-state index contributed by atoms with van der Waals surface area (Å²) >= 11 is 0. The molecule has 0 fully saturated rings. The van der Waals surface area contributed by atoms with Crippen molar-refractivity contribution >= 4 is 17.0 Å². The van der Waals surface area contributed by atoms with Gasteiger partial charge in [-0.25, -0.2) is 9.78 Å². The van der Waals surface area contributed by atoms with E-state index in [1.807, 2.05) is 36.4 Å². The molecule has 136 valence electrons. The Bertz CT molecular complexity index is 968. The Hall–Kier alpha value is -2.93. The molecule has 0 spiro atoms. The smallest absolute Gasteiger partial charge is 0.338 e. The number of hydrogen-bond acceptors (Lipinski definition) is 4. The Labute approximate surface area is 169 Å². The van der Waals surface area contributed by atoms with Gasteiger partial charge in [0.1, 0.15) is 5.69 Å². The van der Waals surface area contributed by atoms with Crippen molar-refractivity contribution in [3.05, 3.63) is 84.3 Å². The Balaban J connectivity index is 0.000000379. The summed E-state index contributed by atoms with van der Waals surface area (Å²) in [5.74, 6) is 5.27. The van der Waals surface area contributed by atoms with E-state index in [0.29, 0.717) is 11.3 Å². The molecule has 2 aliphatic carbocycles. The van der Waals surface area contributed by atoms with Crippen LogP contribution in [-0.2, 0) is 26.6 Å². The van der Waals surface area contributed by atoms with E-state index in [4.69, 9.17) is 4.74 Å². The second-order valence-electron chi connectivity index (χ2n) is 5.51. The van der Waals surface area contributed by atoms with E-state index in [1.54, 1.807) is 12.3 Å². The molecule has 0 N–H and O–H groups in total. The van der Waals surface area contributed by atoms with Gasteiger partial charge in [-0.05, 0) is 30.9 Å². The summed E-state index contributed by atoms with van der Waals surface area (Å²) in [6.45, 7) is 0.0402. The van der Waals surface area contributed by atoms with Gasteiger partial charge in [0.15, 0.2) is 6.61 Å². The molecule has 1 aromatic carbocycles. The van der Waals surface area contributed by atoms with Gasteiger partial charge in [0, 0.05) is 17.1 Å². The summed E-state index contributed by atoms with van der Waals surface area (Å²) < 4.78 is 5.05. The molecular weight excluding hydrogens is 380 g/mol. The van der Waals surface area contributed by atoms with Crippen LogP contribution in [-0.4, -0.2) is 22.5 Å². The zero-order valence-electron chi connectivity index (χ0n) is 14.6. The topological polar surface area (TPSA) is 52.1 Å². The van der Waals surface area contributed by atoms with Gasteiger partial charge >= 0.3 is 5.97 Å². The number of para-hydroxylation sites is 2. The van der Waals surface area contributed by atoms with Crippen molar-refractivity contribution in [2.24, 2.45) is 0 Å². The summed E-state index contributed by atoms with van der Waals surface area (Å²) in [7, 11) is 0. The predicted molar refractivity (Wildman–Crippen MR) is 102 cm³/mol. The molecule has 2 aromatic rings. The number of ether oxygens (including phenoxy) is 1. The van der Waals surface area contributed by atoms with E-state index < -0.39 is 0 Å². The first kappa shape index (κ1) is 20.4. The second kappa shape index (κ2) is 10.9. The number of esters is 1. The van der Waals surface area contributed by atoms with Crippen LogP contribution in [0.3, 0.4) is 0 Å². The molecule has 5 heteroatoms. The Morgan fingerprint density at radius 2 is 1.85 bits per heavy atom. The molecule has 0 atom stereocenters. The minimum absolute atomic E-state index is 0. The zero-order chi connectivity index (χ0) is 18.0. The van der Waals surface area contributed by atoms with Crippen molar-refractivity contribution in [2.75, 3.05) is 6.61 Å². The van der Waals surface area contributed by atoms with E-state index >= 15 is 0 Å². The van der Waals surface area contributed by atoms with E-state index in [-0.39, 0.29) is 29.6 Å². The number of hydrogen-bond donors (Lipinski definition) is 0. The SMILES string of the molecule is C1=CCC=C1.O=C(OCC#Cc1cnc2ccccc2n1)C1=CCC=C1.[Fe]. The quantitative estimate of drug-likeness (QED) is 0.437. The molecule has 0 aliphatic heterocycles. The van der Waals surface area contributed by atoms with E-state index in [0.717, 1.165) is 23.9 Å². The fourth-order valence-corrected chi connectivity index (χ4v) is 2.33. The first-order chi connectivity index (χ1) is 12.8. The Morgan fingerprint density at radius 1 is 1.07 bits per heavy atom. The normalized spacial score (nSPS) is 13.1. The van der Waals surface area contributed by atoms with Crippen LogP contribution >= 0.6 is 0 Å². The van der Waals surface area contributed by atoms with Gasteiger partial charge in [-0.2, -0.15) is 0 Å². The summed E-state index contributed by atoms with van der Waals surface area (Å²) in [6.07, 6.45) is 17.4. The van der Waals surface area contributed by atoms with Crippen molar-refractivity contribution in [1.29, 1.82) is 0 Å². The number of nitrogens with zero attached hydrogens (tertiary/aromatic N) is 2. The molecule has 1 heterocycles. The molecule has 0 saturated carbocycles. The summed E-state index contributed by atoms with van der Waals surface area (Å²) in [5, 5.41) is 0. The van der Waals surface area contributed by atoms with Gasteiger partial charge in [0.05, 0.1) is 22.8 Å². The third-order valence-electron chi connectivity index (χ3n) is 3.60. The fourth-order valence-electron chi connectivity index (χ4n) is 2.33. The molecule has 0 radical (unpaired) electrons. The van der Waals surface area contributed by atoms with E-state index in [9.17, 15) is 4.79 Å². The Kier molecular flexibility index (Phi) is 8.25. The van der Waals surface area contributed by atoms with Crippen LogP contribution in [0.1, 0.15) is 18.5 Å². The largest absolute Gasteiger partial charge is 0.449 e. The zero-order valence-corrected chi connectivity index (χ0v) is 15.7. The molecule has 0 saturated heterocycles. The number of fused-ring (bicyclic) bond motifs is 1. The van der Waals surface area contributed by atoms with Crippen LogP contribution in [0.15, 0.2) is 78.6 Å². The molecule has 2 aliphatic rings. The summed E-state index contributed by atoms with van der Waals surface area (Å²) in [6, 6.07) is 7.59. The molecule has 0 amide bonds. The van der Waals surface area contributed by atoms with Crippen LogP contribution < -0.4 is 0 Å². The number of allylic oxidation sites excluding steroid dienone is 6. The van der Waals surface area contributed by atoms with Crippen molar-refractivity contribution in [1.82, 2.24) is 9.97 Å². The summed E-state index contributed by atoms with van der Waals surface area (Å²) in [4.78, 5) is 20.2. The minimum Gasteiger partial charge on any atom is -0.449 e. The molecule has 27 heavy (non-hydrogen) atoms. The average Bonchev–Trinajstić information content (AvgIpc) is 3.41. The summed E-state index contributed by atoms with van der Waals surface area (Å²) in [5.41, 5.74) is 2.77. The van der Waals surface area contributed by atoms with Gasteiger partial charge in [-0.3, -0.25) is 4.98 Å². The number of carbonyl (C=O) groups excluding carboxylic acids is 1. The first-order valence-corrected chi connectivity index (χ1v) is 8.39. The van der Waals surface area contributed by atoms with E-state index in [2.05, 4.69) is 46.1 Å². The van der Waals surface area contributed by atoms with Crippen LogP contribution in [0.5, 0.6) is 0 Å². The molecule has 0 bridgehead atoms. The van der Waals surface area contributed by atoms with Gasteiger partial charge in [0.2, 0.25) is 0 Å². The Morgan fingerprint density at radius 3 is 2.52 bits per heavy atom. The second-order valence-corrected chi connectivity index (χ2v) is 5.51. The van der Waals surface area contributed by atoms with E-state index in [1.165, 1.54) is 0 Å². The van der Waals surface area contributed by atoms with Crippen molar-refractivity contribution < 1.29 is 26.6 Å². The number of benzene rings is 1. The maximum Gasteiger partial charge on any atom is 0.338 e. The van der Waals surface area contributed by atoms with Crippen LogP contribution in [0.25, 0.3) is 11.0 Å². The molecule has 4 nitrogen and oxygen atoms in total. The maximum absolute atomic E-state index is 11.6. The molecule has 0 unspecified atom stereocenters. The predicted octanol–water partition coefficient (Wildman–Crippen LogP) is 3.91. The fraction of sp³-hybridized carbons (Fsp3) is 0.136. The van der Waals surface area contributed by atoms with Crippen LogP contribution in [0.4, 0.5) is 0 Å². The van der Waals surface area contributed by atoms with Crippen molar-refractivity contribution in [2.45, 2.75) is 12.8 Å². The maximum atomic E-state index is 11.6. The molecular formula is C22H18FeN2O2. The van der Waals surface area contributed by atoms with Crippen LogP contribution in [0, 0.1) is 11.8 Å². The first-order valence-electron chi connectivity index (χ1n) is 8.39. The standard InChI is InChI=1S/C17H12N2O2.C5H6.Fe/c20-17(13-6-1-2-7-13)21-11-5-8-14-12-18-15-9-3-4-10-16(15)19-14;1-2-4-5-3-1;/h1,3-4,6-7,9-10,12H,2,11H2;1-4H,5H2;. The molecule has 1 aromatic heterocycles. The van der Waals surface area contributed by atoms with Crippen molar-refractivity contribution in [3.63, 3.8) is 0 Å². The number of aromatic nitrogens is 2. The van der Waals surface area contributed by atoms with Gasteiger partial charge in [-0.1, -0.05) is 60.6 Å². The number of carbonyl (C=O) groups is 1. The minimum atomic E-state index is -0.345. The third kappa shape index (κ3) is 6.38. The third-order valence-corrected chi connectivity index (χ3v) is 3.60. The van der Waals surface area contributed by atoms with Crippen LogP contribution in [0.2, 0.25) is 0 Å². The average molecular weight is 398 g/mol. The van der Waals surface area contributed by atoms with Gasteiger partial charge in [0.25, 0.3) is 0 Å². The van der Waals surface area contributed by atoms with Gasteiger partial charge in [-0.15, -0.1) is 0 Å². The van der Waals surface area contributed by atoms with Gasteiger partial charge < -0.3 is 4.74 Å². The molecule has 4 rings (SSSR count). The monoisotopic (exact) mass is 398 g/mol.